The number of carbonyl (C=O) groups excluding carboxylic acids is 1. The Kier molecular flexibility index (Phi) is 5.93. The monoisotopic (exact) mass is 391 g/mol. The summed E-state index contributed by atoms with van der Waals surface area (Å²) in [5, 5.41) is 1.12. The minimum atomic E-state index is -0.0591. The fraction of sp³-hybridized carbons (Fsp3) is 0.304. The van der Waals surface area contributed by atoms with Crippen LogP contribution in [0.4, 0.5) is 0 Å². The van der Waals surface area contributed by atoms with Crippen molar-refractivity contribution in [2.45, 2.75) is 23.6 Å². The van der Waals surface area contributed by atoms with Gasteiger partial charge in [0, 0.05) is 49.2 Å². The SMILES string of the molecule is CC(Sc1ccccc1)C(=O)N1CCN(Cc2cccc3cccnc23)CC1. The number of thioether (sulfide) groups is 1. The van der Waals surface area contributed by atoms with Gasteiger partial charge < -0.3 is 4.90 Å². The van der Waals surface area contributed by atoms with Crippen LogP contribution in [0, 0.1) is 0 Å². The molecule has 1 amide bonds. The number of fused-ring (bicyclic) bond motifs is 1. The second-order valence-corrected chi connectivity index (χ2v) is 8.58. The summed E-state index contributed by atoms with van der Waals surface area (Å²) < 4.78 is 0. The number of benzene rings is 2. The number of aromatic nitrogens is 1. The molecule has 4 nitrogen and oxygen atoms in total. The average Bonchev–Trinajstić information content (AvgIpc) is 2.75. The van der Waals surface area contributed by atoms with Crippen molar-refractivity contribution < 1.29 is 4.79 Å². The number of carbonyl (C=O) groups is 1. The highest BCUT2D eigenvalue weighted by Gasteiger charge is 2.25. The van der Waals surface area contributed by atoms with Gasteiger partial charge in [0.1, 0.15) is 0 Å². The molecule has 2 aromatic carbocycles. The Bertz CT molecular complexity index is 933. The van der Waals surface area contributed by atoms with E-state index in [1.165, 1.54) is 10.9 Å². The molecule has 4 rings (SSSR count). The van der Waals surface area contributed by atoms with Crippen LogP contribution in [-0.4, -0.2) is 52.1 Å². The zero-order valence-electron chi connectivity index (χ0n) is 16.1. The quantitative estimate of drug-likeness (QED) is 0.615. The number of hydrogen-bond acceptors (Lipinski definition) is 4. The number of rotatable bonds is 5. The summed E-state index contributed by atoms with van der Waals surface area (Å²) in [5.41, 5.74) is 2.34. The third-order valence-electron chi connectivity index (χ3n) is 5.20. The Morgan fingerprint density at radius 2 is 1.75 bits per heavy atom. The molecule has 5 heteroatoms. The van der Waals surface area contributed by atoms with Crippen molar-refractivity contribution in [1.29, 1.82) is 0 Å². The number of para-hydroxylation sites is 1. The van der Waals surface area contributed by atoms with Crippen LogP contribution in [-0.2, 0) is 11.3 Å². The first-order valence-electron chi connectivity index (χ1n) is 9.76. The van der Waals surface area contributed by atoms with E-state index in [0.29, 0.717) is 0 Å². The van der Waals surface area contributed by atoms with Gasteiger partial charge in [0.15, 0.2) is 0 Å². The lowest BCUT2D eigenvalue weighted by atomic mass is 10.1. The summed E-state index contributed by atoms with van der Waals surface area (Å²) >= 11 is 1.64. The van der Waals surface area contributed by atoms with Crippen molar-refractivity contribution in [3.63, 3.8) is 0 Å². The molecule has 0 bridgehead atoms. The molecule has 0 spiro atoms. The summed E-state index contributed by atoms with van der Waals surface area (Å²) in [6.45, 7) is 6.27. The molecule has 1 aromatic heterocycles. The Balaban J connectivity index is 1.33. The lowest BCUT2D eigenvalue weighted by Gasteiger charge is -2.36. The predicted molar refractivity (Wildman–Crippen MR) is 115 cm³/mol. The molecular formula is C23H25N3OS. The van der Waals surface area contributed by atoms with Crippen molar-refractivity contribution in [3.8, 4) is 0 Å². The fourth-order valence-corrected chi connectivity index (χ4v) is 4.65. The largest absolute Gasteiger partial charge is 0.339 e. The van der Waals surface area contributed by atoms with E-state index in [4.69, 9.17) is 0 Å². The molecule has 0 radical (unpaired) electrons. The molecule has 1 saturated heterocycles. The van der Waals surface area contributed by atoms with Gasteiger partial charge in [-0.1, -0.05) is 42.5 Å². The van der Waals surface area contributed by atoms with Crippen molar-refractivity contribution >= 4 is 28.6 Å². The molecule has 1 aliphatic rings. The summed E-state index contributed by atoms with van der Waals surface area (Å²) in [6, 6.07) is 20.6. The minimum absolute atomic E-state index is 0.0591. The van der Waals surface area contributed by atoms with Crippen LogP contribution in [0.2, 0.25) is 0 Å². The van der Waals surface area contributed by atoms with Gasteiger partial charge in [-0.25, -0.2) is 0 Å². The van der Waals surface area contributed by atoms with Crippen molar-refractivity contribution in [2.24, 2.45) is 0 Å². The lowest BCUT2D eigenvalue weighted by Crippen LogP contribution is -2.50. The maximum Gasteiger partial charge on any atom is 0.235 e. The molecule has 0 saturated carbocycles. The van der Waals surface area contributed by atoms with Crippen molar-refractivity contribution in [3.05, 3.63) is 72.4 Å². The van der Waals surface area contributed by atoms with Gasteiger partial charge in [-0.05, 0) is 30.7 Å². The van der Waals surface area contributed by atoms with Gasteiger partial charge in [0.05, 0.1) is 10.8 Å². The number of hydrogen-bond donors (Lipinski definition) is 0. The van der Waals surface area contributed by atoms with E-state index >= 15 is 0 Å². The molecule has 2 heterocycles. The Morgan fingerprint density at radius 1 is 1.00 bits per heavy atom. The number of pyridine rings is 1. The van der Waals surface area contributed by atoms with E-state index in [-0.39, 0.29) is 11.2 Å². The normalized spacial score (nSPS) is 16.2. The van der Waals surface area contributed by atoms with Crippen molar-refractivity contribution in [1.82, 2.24) is 14.8 Å². The fourth-order valence-electron chi connectivity index (χ4n) is 3.67. The zero-order valence-corrected chi connectivity index (χ0v) is 16.9. The van der Waals surface area contributed by atoms with Gasteiger partial charge in [-0.15, -0.1) is 11.8 Å². The second kappa shape index (κ2) is 8.76. The van der Waals surface area contributed by atoms with Gasteiger partial charge in [-0.2, -0.15) is 0 Å². The van der Waals surface area contributed by atoms with Crippen LogP contribution in [0.15, 0.2) is 71.8 Å². The smallest absolute Gasteiger partial charge is 0.235 e. The predicted octanol–water partition coefficient (Wildman–Crippen LogP) is 4.06. The van der Waals surface area contributed by atoms with E-state index in [2.05, 4.69) is 46.3 Å². The van der Waals surface area contributed by atoms with Gasteiger partial charge >= 0.3 is 0 Å². The first-order chi connectivity index (χ1) is 13.7. The molecule has 0 aliphatic carbocycles. The molecule has 1 unspecified atom stereocenters. The highest BCUT2D eigenvalue weighted by atomic mass is 32.2. The Morgan fingerprint density at radius 3 is 2.54 bits per heavy atom. The first-order valence-corrected chi connectivity index (χ1v) is 10.6. The Hall–Kier alpha value is -2.37. The number of nitrogens with zero attached hydrogens (tertiary/aromatic N) is 3. The maximum atomic E-state index is 12.8. The van der Waals surface area contributed by atoms with E-state index in [9.17, 15) is 4.79 Å². The third-order valence-corrected chi connectivity index (χ3v) is 6.30. The molecule has 3 aromatic rings. The Labute approximate surface area is 170 Å². The van der Waals surface area contributed by atoms with Gasteiger partial charge in [0.25, 0.3) is 0 Å². The van der Waals surface area contributed by atoms with E-state index in [1.807, 2.05) is 42.3 Å². The standard InChI is InChI=1S/C23H25N3OS/c1-18(28-21-10-3-2-4-11-21)23(27)26-15-13-25(14-16-26)17-20-8-5-7-19-9-6-12-24-22(19)20/h2-12,18H,13-17H2,1H3. The first kappa shape index (κ1) is 19.0. The van der Waals surface area contributed by atoms with Crippen LogP contribution in [0.3, 0.4) is 0 Å². The summed E-state index contributed by atoms with van der Waals surface area (Å²) in [6.07, 6.45) is 1.86. The topological polar surface area (TPSA) is 36.4 Å². The van der Waals surface area contributed by atoms with Crippen LogP contribution >= 0.6 is 11.8 Å². The lowest BCUT2D eigenvalue weighted by molar-refractivity contribution is -0.132. The average molecular weight is 392 g/mol. The van der Waals surface area contributed by atoms with Crippen LogP contribution in [0.5, 0.6) is 0 Å². The number of amides is 1. The molecule has 0 N–H and O–H groups in total. The molecular weight excluding hydrogens is 366 g/mol. The van der Waals surface area contributed by atoms with Crippen LogP contribution < -0.4 is 0 Å². The van der Waals surface area contributed by atoms with E-state index in [1.54, 1.807) is 11.8 Å². The third kappa shape index (κ3) is 4.37. The summed E-state index contributed by atoms with van der Waals surface area (Å²) in [7, 11) is 0. The van der Waals surface area contributed by atoms with E-state index in [0.717, 1.165) is 43.1 Å². The minimum Gasteiger partial charge on any atom is -0.339 e. The zero-order chi connectivity index (χ0) is 19.3. The molecule has 144 valence electrons. The number of piperazine rings is 1. The highest BCUT2D eigenvalue weighted by molar-refractivity contribution is 8.00. The van der Waals surface area contributed by atoms with Crippen LogP contribution in [0.1, 0.15) is 12.5 Å². The van der Waals surface area contributed by atoms with E-state index < -0.39 is 0 Å². The van der Waals surface area contributed by atoms with Gasteiger partial charge in [-0.3, -0.25) is 14.7 Å². The molecule has 1 atom stereocenters. The molecule has 1 aliphatic heterocycles. The second-order valence-electron chi connectivity index (χ2n) is 7.17. The van der Waals surface area contributed by atoms with Gasteiger partial charge in [0.2, 0.25) is 5.91 Å². The van der Waals surface area contributed by atoms with Crippen LogP contribution in [0.25, 0.3) is 10.9 Å². The molecule has 28 heavy (non-hydrogen) atoms. The highest BCUT2D eigenvalue weighted by Crippen LogP contribution is 2.25. The molecule has 1 fully saturated rings. The summed E-state index contributed by atoms with van der Waals surface area (Å²) in [5.74, 6) is 0.236. The maximum absolute atomic E-state index is 12.8. The summed E-state index contributed by atoms with van der Waals surface area (Å²) in [4.78, 5) is 23.0. The van der Waals surface area contributed by atoms with Crippen molar-refractivity contribution in [2.75, 3.05) is 26.2 Å².